The first kappa shape index (κ1) is 18.2. The Hall–Kier alpha value is -2.85. The molecule has 0 spiro atoms. The highest BCUT2D eigenvalue weighted by atomic mass is 19.4. The molecule has 0 aromatic heterocycles. The lowest BCUT2D eigenvalue weighted by Gasteiger charge is -2.10. The zero-order valence-corrected chi connectivity index (χ0v) is 11.8. The number of halogens is 3. The van der Waals surface area contributed by atoms with Crippen LogP contribution < -0.4 is 15.4 Å². The van der Waals surface area contributed by atoms with E-state index < -0.39 is 36.2 Å². The molecular weight excluding hydrogens is 323 g/mol. The summed E-state index contributed by atoms with van der Waals surface area (Å²) in [5.41, 5.74) is 0.222. The average molecular weight is 335 g/mol. The second-order valence-corrected chi connectivity index (χ2v) is 4.36. The number of benzene rings is 1. The van der Waals surface area contributed by atoms with Gasteiger partial charge in [0, 0.05) is 6.07 Å². The third kappa shape index (κ3) is 6.63. The molecule has 0 radical (unpaired) electrons. The van der Waals surface area contributed by atoms with Gasteiger partial charge in [0.1, 0.15) is 6.54 Å². The number of nitrogens with zero attached hydrogens (tertiary/aromatic N) is 1. The van der Waals surface area contributed by atoms with Gasteiger partial charge in [0.15, 0.2) is 12.4 Å². The van der Waals surface area contributed by atoms with Gasteiger partial charge in [0.2, 0.25) is 0 Å². The number of rotatable bonds is 5. The Morgan fingerprint density at radius 1 is 1.35 bits per heavy atom. The third-order valence-electron chi connectivity index (χ3n) is 2.37. The summed E-state index contributed by atoms with van der Waals surface area (Å²) in [4.78, 5) is 32.5. The molecule has 23 heavy (non-hydrogen) atoms. The van der Waals surface area contributed by atoms with E-state index in [1.165, 1.54) is 23.5 Å². The number of nitro groups is 1. The van der Waals surface area contributed by atoms with Crippen LogP contribution in [0.5, 0.6) is 5.75 Å². The number of carbonyl (C=O) groups is 2. The summed E-state index contributed by atoms with van der Waals surface area (Å²) >= 11 is 0. The Morgan fingerprint density at radius 2 is 2.00 bits per heavy atom. The van der Waals surface area contributed by atoms with Crippen molar-refractivity contribution in [1.29, 1.82) is 0 Å². The first-order valence-corrected chi connectivity index (χ1v) is 6.11. The Balaban J connectivity index is 2.54. The number of aryl methyl sites for hydroxylation is 1. The summed E-state index contributed by atoms with van der Waals surface area (Å²) in [6.07, 6.45) is -4.61. The van der Waals surface area contributed by atoms with Crippen LogP contribution in [0.3, 0.4) is 0 Å². The molecule has 1 aromatic carbocycles. The van der Waals surface area contributed by atoms with Crippen LogP contribution in [-0.4, -0.2) is 36.2 Å². The molecule has 0 atom stereocenters. The molecule has 11 heteroatoms. The van der Waals surface area contributed by atoms with Crippen LogP contribution in [0, 0.1) is 17.0 Å². The second-order valence-electron chi connectivity index (χ2n) is 4.36. The lowest BCUT2D eigenvalue weighted by atomic mass is 10.2. The number of hydrogen-bond donors (Lipinski definition) is 2. The SMILES string of the molecule is Cc1ccc(OCC(=O)NC(=O)NCC(F)(F)F)c([N+](=O)[O-])c1. The maximum Gasteiger partial charge on any atom is 0.405 e. The third-order valence-corrected chi connectivity index (χ3v) is 2.37. The normalized spacial score (nSPS) is 10.8. The van der Waals surface area contributed by atoms with Gasteiger partial charge < -0.3 is 10.1 Å². The van der Waals surface area contributed by atoms with Crippen molar-refractivity contribution >= 4 is 17.6 Å². The zero-order valence-electron chi connectivity index (χ0n) is 11.8. The number of nitro benzene ring substituents is 1. The standard InChI is InChI=1S/C12H12F3N3O5/c1-7-2-3-9(8(4-7)18(21)22)23-5-10(19)17-11(20)16-6-12(13,14)15/h2-4H,5-6H2,1H3,(H2,16,17,19,20). The molecule has 1 aromatic rings. The van der Waals surface area contributed by atoms with Crippen LogP contribution in [0.1, 0.15) is 5.56 Å². The lowest BCUT2D eigenvalue weighted by molar-refractivity contribution is -0.385. The molecule has 0 fully saturated rings. The van der Waals surface area contributed by atoms with E-state index in [0.717, 1.165) is 0 Å². The summed E-state index contributed by atoms with van der Waals surface area (Å²) < 4.78 is 40.5. The molecule has 0 heterocycles. The highest BCUT2D eigenvalue weighted by Gasteiger charge is 2.28. The van der Waals surface area contributed by atoms with Gasteiger partial charge in [0.05, 0.1) is 4.92 Å². The van der Waals surface area contributed by atoms with Crippen LogP contribution in [-0.2, 0) is 4.79 Å². The molecule has 0 aliphatic carbocycles. The van der Waals surface area contributed by atoms with E-state index in [4.69, 9.17) is 4.74 Å². The minimum absolute atomic E-state index is 0.202. The van der Waals surface area contributed by atoms with Crippen LogP contribution in [0.4, 0.5) is 23.7 Å². The number of ether oxygens (including phenoxy) is 1. The molecule has 0 saturated heterocycles. The molecule has 0 aliphatic rings. The molecule has 0 aliphatic heterocycles. The zero-order chi connectivity index (χ0) is 17.6. The molecule has 2 N–H and O–H groups in total. The van der Waals surface area contributed by atoms with E-state index in [0.29, 0.717) is 5.56 Å². The van der Waals surface area contributed by atoms with Crippen molar-refractivity contribution in [2.75, 3.05) is 13.2 Å². The van der Waals surface area contributed by atoms with Crippen molar-refractivity contribution in [3.05, 3.63) is 33.9 Å². The smallest absolute Gasteiger partial charge is 0.405 e. The van der Waals surface area contributed by atoms with E-state index in [9.17, 15) is 32.9 Å². The molecule has 126 valence electrons. The quantitative estimate of drug-likeness (QED) is 0.628. The van der Waals surface area contributed by atoms with Crippen LogP contribution in [0.15, 0.2) is 18.2 Å². The predicted octanol–water partition coefficient (Wildman–Crippen LogP) is 1.67. The molecule has 0 saturated carbocycles. The molecular formula is C12H12F3N3O5. The topological polar surface area (TPSA) is 111 Å². The van der Waals surface area contributed by atoms with Gasteiger partial charge in [-0.1, -0.05) is 6.07 Å². The van der Waals surface area contributed by atoms with Gasteiger partial charge in [-0.15, -0.1) is 0 Å². The van der Waals surface area contributed by atoms with Crippen molar-refractivity contribution in [2.24, 2.45) is 0 Å². The molecule has 3 amide bonds. The maximum absolute atomic E-state index is 11.9. The first-order valence-electron chi connectivity index (χ1n) is 6.11. The minimum Gasteiger partial charge on any atom is -0.477 e. The molecule has 0 unspecified atom stereocenters. The Morgan fingerprint density at radius 3 is 2.57 bits per heavy atom. The van der Waals surface area contributed by atoms with Crippen molar-refractivity contribution in [3.63, 3.8) is 0 Å². The fourth-order valence-corrected chi connectivity index (χ4v) is 1.42. The van der Waals surface area contributed by atoms with Crippen molar-refractivity contribution in [2.45, 2.75) is 13.1 Å². The minimum atomic E-state index is -4.61. The molecule has 1 rings (SSSR count). The van der Waals surface area contributed by atoms with Crippen LogP contribution in [0.25, 0.3) is 0 Å². The number of imide groups is 1. The summed E-state index contributed by atoms with van der Waals surface area (Å²) in [5.74, 6) is -1.26. The first-order chi connectivity index (χ1) is 10.6. The Bertz CT molecular complexity index is 618. The summed E-state index contributed by atoms with van der Waals surface area (Å²) in [5, 5.41) is 13.9. The number of urea groups is 1. The summed E-state index contributed by atoms with van der Waals surface area (Å²) in [6.45, 7) is -0.756. The van der Waals surface area contributed by atoms with Crippen LogP contribution in [0.2, 0.25) is 0 Å². The number of carbonyl (C=O) groups excluding carboxylic acids is 2. The van der Waals surface area contributed by atoms with E-state index in [2.05, 4.69) is 0 Å². The van der Waals surface area contributed by atoms with Crippen molar-refractivity contribution in [3.8, 4) is 5.75 Å². The van der Waals surface area contributed by atoms with E-state index >= 15 is 0 Å². The highest BCUT2D eigenvalue weighted by molar-refractivity contribution is 5.95. The molecule has 8 nitrogen and oxygen atoms in total. The van der Waals surface area contributed by atoms with Crippen molar-refractivity contribution in [1.82, 2.24) is 10.6 Å². The Kier molecular flexibility index (Phi) is 5.87. The number of nitrogens with one attached hydrogen (secondary N) is 2. The van der Waals surface area contributed by atoms with Gasteiger partial charge in [-0.3, -0.25) is 20.2 Å². The molecule has 0 bridgehead atoms. The lowest BCUT2D eigenvalue weighted by Crippen LogP contribution is -2.44. The number of amides is 3. The maximum atomic E-state index is 11.9. The summed E-state index contributed by atoms with van der Waals surface area (Å²) in [6, 6.07) is 2.65. The van der Waals surface area contributed by atoms with Gasteiger partial charge in [-0.25, -0.2) is 4.79 Å². The van der Waals surface area contributed by atoms with Crippen LogP contribution >= 0.6 is 0 Å². The van der Waals surface area contributed by atoms with E-state index in [1.54, 1.807) is 12.2 Å². The second kappa shape index (κ2) is 7.42. The Labute approximate surface area is 127 Å². The van der Waals surface area contributed by atoms with E-state index in [-0.39, 0.29) is 11.4 Å². The fourth-order valence-electron chi connectivity index (χ4n) is 1.42. The largest absolute Gasteiger partial charge is 0.477 e. The van der Waals surface area contributed by atoms with E-state index in [1.807, 2.05) is 0 Å². The monoisotopic (exact) mass is 335 g/mol. The van der Waals surface area contributed by atoms with Gasteiger partial charge in [-0.05, 0) is 18.6 Å². The number of hydrogen-bond acceptors (Lipinski definition) is 5. The predicted molar refractivity (Wildman–Crippen MR) is 70.9 cm³/mol. The van der Waals surface area contributed by atoms with Gasteiger partial charge >= 0.3 is 17.9 Å². The number of alkyl halides is 3. The average Bonchev–Trinajstić information content (AvgIpc) is 2.43. The fraction of sp³-hybridized carbons (Fsp3) is 0.333. The summed E-state index contributed by atoms with van der Waals surface area (Å²) in [7, 11) is 0. The highest BCUT2D eigenvalue weighted by Crippen LogP contribution is 2.27. The van der Waals surface area contributed by atoms with Gasteiger partial charge in [0.25, 0.3) is 5.91 Å². The van der Waals surface area contributed by atoms with Gasteiger partial charge in [-0.2, -0.15) is 13.2 Å². The van der Waals surface area contributed by atoms with Crippen molar-refractivity contribution < 1.29 is 32.4 Å².